The van der Waals surface area contributed by atoms with E-state index in [1.54, 1.807) is 0 Å². The summed E-state index contributed by atoms with van der Waals surface area (Å²) in [6.45, 7) is 7.80. The smallest absolute Gasteiger partial charge is 0.288 e. The van der Waals surface area contributed by atoms with Gasteiger partial charge in [-0.2, -0.15) is 4.52 Å². The molecule has 0 aromatic carbocycles. The Bertz CT molecular complexity index is 782. The fourth-order valence-electron chi connectivity index (χ4n) is 2.76. The summed E-state index contributed by atoms with van der Waals surface area (Å²) in [6, 6.07) is -0.0385. The van der Waals surface area contributed by atoms with Crippen molar-refractivity contribution in [2.75, 3.05) is 18.0 Å². The SMILES string of the molecule is CC1CCCN(c2nn3c(=O)c(C(=O)NC(C)C)cnc3s2)C1. The summed E-state index contributed by atoms with van der Waals surface area (Å²) in [5, 5.41) is 7.91. The van der Waals surface area contributed by atoms with Gasteiger partial charge in [0.05, 0.1) is 0 Å². The fraction of sp³-hybridized carbons (Fsp3) is 0.600. The van der Waals surface area contributed by atoms with Crippen LogP contribution in [0.15, 0.2) is 11.0 Å². The molecule has 0 aliphatic carbocycles. The first-order valence-electron chi connectivity index (χ1n) is 7.90. The summed E-state index contributed by atoms with van der Waals surface area (Å²) >= 11 is 1.39. The molecule has 1 aliphatic rings. The molecule has 3 heterocycles. The van der Waals surface area contributed by atoms with Gasteiger partial charge in [0.2, 0.25) is 10.1 Å². The molecule has 2 aromatic heterocycles. The van der Waals surface area contributed by atoms with Gasteiger partial charge in [0.25, 0.3) is 11.5 Å². The number of nitrogens with zero attached hydrogens (tertiary/aromatic N) is 4. The lowest BCUT2D eigenvalue weighted by atomic mass is 10.0. The Morgan fingerprint density at radius 3 is 2.96 bits per heavy atom. The zero-order valence-corrected chi connectivity index (χ0v) is 14.4. The van der Waals surface area contributed by atoms with Crippen LogP contribution in [0, 0.1) is 5.92 Å². The maximum atomic E-state index is 12.5. The Kier molecular flexibility index (Phi) is 4.34. The van der Waals surface area contributed by atoms with Crippen molar-refractivity contribution in [1.82, 2.24) is 19.9 Å². The second-order valence-corrected chi connectivity index (χ2v) is 7.31. The molecule has 0 spiro atoms. The first-order valence-corrected chi connectivity index (χ1v) is 8.72. The average Bonchev–Trinajstić information content (AvgIpc) is 2.92. The maximum absolute atomic E-state index is 12.5. The highest BCUT2D eigenvalue weighted by atomic mass is 32.1. The molecule has 0 bridgehead atoms. The fourth-order valence-corrected chi connectivity index (χ4v) is 3.66. The Balaban J connectivity index is 1.95. The summed E-state index contributed by atoms with van der Waals surface area (Å²) in [4.78, 5) is 31.5. The second-order valence-electron chi connectivity index (χ2n) is 6.38. The summed E-state index contributed by atoms with van der Waals surface area (Å²) in [7, 11) is 0. The van der Waals surface area contributed by atoms with Gasteiger partial charge in [0, 0.05) is 25.3 Å². The molecule has 0 saturated carbocycles. The molecule has 1 aliphatic heterocycles. The summed E-state index contributed by atoms with van der Waals surface area (Å²) in [5.41, 5.74) is -0.388. The molecule has 1 fully saturated rings. The molecule has 8 heteroatoms. The number of nitrogens with one attached hydrogen (secondary N) is 1. The molecule has 1 atom stereocenters. The summed E-state index contributed by atoms with van der Waals surface area (Å²) < 4.78 is 1.24. The van der Waals surface area contributed by atoms with E-state index in [0.717, 1.165) is 24.6 Å². The van der Waals surface area contributed by atoms with E-state index in [2.05, 4.69) is 27.2 Å². The van der Waals surface area contributed by atoms with Crippen LogP contribution < -0.4 is 15.8 Å². The Labute approximate surface area is 138 Å². The predicted molar refractivity (Wildman–Crippen MR) is 90.3 cm³/mol. The highest BCUT2D eigenvalue weighted by molar-refractivity contribution is 7.20. The van der Waals surface area contributed by atoms with Crippen LogP contribution in [0.1, 0.15) is 44.0 Å². The molecule has 7 nitrogen and oxygen atoms in total. The van der Waals surface area contributed by atoms with Crippen molar-refractivity contribution in [3.8, 4) is 0 Å². The normalized spacial score (nSPS) is 18.6. The minimum absolute atomic E-state index is 0.0278. The first kappa shape index (κ1) is 15.9. The topological polar surface area (TPSA) is 79.6 Å². The molecule has 1 unspecified atom stereocenters. The number of hydrogen-bond acceptors (Lipinski definition) is 6. The third kappa shape index (κ3) is 3.21. The van der Waals surface area contributed by atoms with Gasteiger partial charge in [0.1, 0.15) is 5.56 Å². The Hall–Kier alpha value is -1.96. The summed E-state index contributed by atoms with van der Waals surface area (Å²) in [5.74, 6) is 0.209. The van der Waals surface area contributed by atoms with E-state index in [4.69, 9.17) is 0 Å². The van der Waals surface area contributed by atoms with Crippen molar-refractivity contribution >= 4 is 27.3 Å². The lowest BCUT2D eigenvalue weighted by Gasteiger charge is -2.30. The predicted octanol–water partition coefficient (Wildman–Crippen LogP) is 1.53. The Morgan fingerprint density at radius 2 is 2.26 bits per heavy atom. The molecule has 1 amide bonds. The van der Waals surface area contributed by atoms with Crippen LogP contribution in [0.3, 0.4) is 0 Å². The number of aromatic nitrogens is 3. The number of anilines is 1. The number of carbonyl (C=O) groups is 1. The van der Waals surface area contributed by atoms with Gasteiger partial charge in [-0.3, -0.25) is 9.59 Å². The summed E-state index contributed by atoms with van der Waals surface area (Å²) in [6.07, 6.45) is 3.69. The highest BCUT2D eigenvalue weighted by Gasteiger charge is 2.22. The van der Waals surface area contributed by atoms with E-state index in [0.29, 0.717) is 10.9 Å². The van der Waals surface area contributed by atoms with Crippen LogP contribution in [0.4, 0.5) is 5.13 Å². The van der Waals surface area contributed by atoms with Gasteiger partial charge in [-0.15, -0.1) is 5.10 Å². The zero-order valence-electron chi connectivity index (χ0n) is 13.6. The van der Waals surface area contributed by atoms with E-state index in [1.165, 1.54) is 28.5 Å². The minimum atomic E-state index is -0.416. The van der Waals surface area contributed by atoms with Crippen molar-refractivity contribution in [2.24, 2.45) is 5.92 Å². The minimum Gasteiger partial charge on any atom is -0.350 e. The lowest BCUT2D eigenvalue weighted by Crippen LogP contribution is -2.36. The first-order chi connectivity index (χ1) is 11.0. The number of piperidine rings is 1. The second kappa shape index (κ2) is 6.27. The molecule has 1 saturated heterocycles. The van der Waals surface area contributed by atoms with Gasteiger partial charge < -0.3 is 10.2 Å². The standard InChI is InChI=1S/C15H21N5O2S/c1-9(2)17-12(21)11-7-16-14-20(13(11)22)18-15(23-14)19-6-4-5-10(3)8-19/h7,9-10H,4-6,8H2,1-3H3,(H,17,21). The van der Waals surface area contributed by atoms with E-state index < -0.39 is 11.5 Å². The van der Waals surface area contributed by atoms with Crippen LogP contribution in [-0.2, 0) is 0 Å². The van der Waals surface area contributed by atoms with Crippen molar-refractivity contribution in [2.45, 2.75) is 39.7 Å². The van der Waals surface area contributed by atoms with Crippen LogP contribution >= 0.6 is 11.3 Å². The number of hydrogen-bond donors (Lipinski definition) is 1. The highest BCUT2D eigenvalue weighted by Crippen LogP contribution is 2.26. The largest absolute Gasteiger partial charge is 0.350 e. The van der Waals surface area contributed by atoms with E-state index >= 15 is 0 Å². The third-order valence-electron chi connectivity index (χ3n) is 3.87. The molecular weight excluding hydrogens is 314 g/mol. The van der Waals surface area contributed by atoms with Gasteiger partial charge in [-0.25, -0.2) is 4.98 Å². The molecule has 0 radical (unpaired) electrons. The number of carbonyl (C=O) groups excluding carboxylic acids is 1. The van der Waals surface area contributed by atoms with Gasteiger partial charge in [-0.1, -0.05) is 18.3 Å². The van der Waals surface area contributed by atoms with Crippen molar-refractivity contribution in [3.05, 3.63) is 22.1 Å². The molecule has 124 valence electrons. The number of fused-ring (bicyclic) bond motifs is 1. The van der Waals surface area contributed by atoms with E-state index in [-0.39, 0.29) is 11.6 Å². The van der Waals surface area contributed by atoms with Gasteiger partial charge in [0.15, 0.2) is 0 Å². The Morgan fingerprint density at radius 1 is 1.48 bits per heavy atom. The van der Waals surface area contributed by atoms with Crippen LogP contribution in [0.5, 0.6) is 0 Å². The molecule has 23 heavy (non-hydrogen) atoms. The van der Waals surface area contributed by atoms with Crippen molar-refractivity contribution < 1.29 is 4.79 Å². The van der Waals surface area contributed by atoms with Gasteiger partial charge in [-0.05, 0) is 32.6 Å². The molecular formula is C15H21N5O2S. The quantitative estimate of drug-likeness (QED) is 0.920. The van der Waals surface area contributed by atoms with E-state index in [9.17, 15) is 9.59 Å². The van der Waals surface area contributed by atoms with Crippen molar-refractivity contribution in [3.63, 3.8) is 0 Å². The van der Waals surface area contributed by atoms with Crippen molar-refractivity contribution in [1.29, 1.82) is 0 Å². The lowest BCUT2D eigenvalue weighted by molar-refractivity contribution is 0.0941. The maximum Gasteiger partial charge on any atom is 0.288 e. The third-order valence-corrected chi connectivity index (χ3v) is 4.85. The molecule has 2 aromatic rings. The molecule has 3 rings (SSSR count). The van der Waals surface area contributed by atoms with Crippen LogP contribution in [0.25, 0.3) is 4.96 Å². The van der Waals surface area contributed by atoms with Crippen LogP contribution in [-0.4, -0.2) is 39.6 Å². The molecule has 1 N–H and O–H groups in total. The average molecular weight is 335 g/mol. The van der Waals surface area contributed by atoms with Gasteiger partial charge >= 0.3 is 0 Å². The zero-order chi connectivity index (χ0) is 16.6. The number of rotatable bonds is 3. The van der Waals surface area contributed by atoms with E-state index in [1.807, 2.05) is 13.8 Å². The van der Waals surface area contributed by atoms with Crippen LogP contribution in [0.2, 0.25) is 0 Å². The number of amides is 1. The monoisotopic (exact) mass is 335 g/mol.